The molecule has 2 heterocycles. The number of alkyl halides is 2. The van der Waals surface area contributed by atoms with Gasteiger partial charge in [-0.1, -0.05) is 73.3 Å². The predicted octanol–water partition coefficient (Wildman–Crippen LogP) is 7.89. The van der Waals surface area contributed by atoms with E-state index in [0.29, 0.717) is 51.3 Å². The Labute approximate surface area is 294 Å². The number of ketones is 1. The molecule has 1 saturated carbocycles. The predicted molar refractivity (Wildman–Crippen MR) is 184 cm³/mol. The molecule has 6 rings (SSSR count). The first-order valence-electron chi connectivity index (χ1n) is 14.4. The van der Waals surface area contributed by atoms with E-state index in [-0.39, 0.29) is 49.5 Å². The minimum absolute atomic E-state index is 0.0369. The molecule has 2 amide bonds. The lowest BCUT2D eigenvalue weighted by Gasteiger charge is -2.29. The highest BCUT2D eigenvalue weighted by atomic mass is 79.9. The lowest BCUT2D eigenvalue weighted by molar-refractivity contribution is -0.384. The van der Waals surface area contributed by atoms with Gasteiger partial charge in [-0.3, -0.25) is 29.4 Å². The first-order chi connectivity index (χ1) is 22.3. The van der Waals surface area contributed by atoms with Gasteiger partial charge in [0, 0.05) is 37.3 Å². The fourth-order valence-corrected chi connectivity index (χ4v) is 7.55. The lowest BCUT2D eigenvalue weighted by atomic mass is 9.81. The molecular formula is C33H23Br2Cl2N3O7. The number of fused-ring (bicyclic) bond motifs is 2. The van der Waals surface area contributed by atoms with Crippen molar-refractivity contribution in [3.05, 3.63) is 97.5 Å². The summed E-state index contributed by atoms with van der Waals surface area (Å²) in [4.78, 5) is 69.5. The molecule has 1 aromatic heterocycles. The summed E-state index contributed by atoms with van der Waals surface area (Å²) in [6.07, 6.45) is 1.12. The largest absolute Gasteiger partial charge is 0.454 e. The van der Waals surface area contributed by atoms with Crippen molar-refractivity contribution in [2.45, 2.75) is 29.4 Å². The van der Waals surface area contributed by atoms with Crippen molar-refractivity contribution >= 4 is 101 Å². The number of ether oxygens (including phenoxy) is 1. The molecule has 1 aliphatic heterocycles. The van der Waals surface area contributed by atoms with E-state index >= 15 is 0 Å². The third-order valence-corrected chi connectivity index (χ3v) is 12.0. The van der Waals surface area contributed by atoms with E-state index in [1.54, 1.807) is 43.3 Å². The number of nitrogens with zero attached hydrogens (tertiary/aromatic N) is 3. The number of amides is 2. The first kappa shape index (κ1) is 33.2. The van der Waals surface area contributed by atoms with Crippen LogP contribution in [0.15, 0.2) is 60.7 Å². The van der Waals surface area contributed by atoms with E-state index in [2.05, 4.69) is 31.9 Å². The van der Waals surface area contributed by atoms with Crippen molar-refractivity contribution in [1.82, 2.24) is 4.98 Å². The number of Topliss-reactive ketones (excluding diaryl/α,β-unsaturated/α-hetero) is 1. The molecule has 2 fully saturated rings. The van der Waals surface area contributed by atoms with Crippen LogP contribution in [0, 0.1) is 28.9 Å². The van der Waals surface area contributed by atoms with Gasteiger partial charge >= 0.3 is 5.97 Å². The Balaban J connectivity index is 1.29. The molecule has 2 aliphatic rings. The number of anilines is 1. The topological polar surface area (TPSA) is 137 Å². The number of aromatic nitrogens is 1. The zero-order valence-corrected chi connectivity index (χ0v) is 29.1. The molecular weight excluding hydrogens is 781 g/mol. The summed E-state index contributed by atoms with van der Waals surface area (Å²) >= 11 is 19.5. The van der Waals surface area contributed by atoms with Gasteiger partial charge in [0.15, 0.2) is 6.61 Å². The van der Waals surface area contributed by atoms with Crippen LogP contribution in [0.25, 0.3) is 22.2 Å². The van der Waals surface area contributed by atoms with E-state index in [1.165, 1.54) is 23.1 Å². The lowest BCUT2D eigenvalue weighted by Crippen LogP contribution is -2.34. The van der Waals surface area contributed by atoms with Crippen molar-refractivity contribution in [1.29, 1.82) is 0 Å². The van der Waals surface area contributed by atoms with Gasteiger partial charge in [-0.2, -0.15) is 0 Å². The Bertz CT molecular complexity index is 1980. The number of rotatable bonds is 7. The number of imide groups is 1. The summed E-state index contributed by atoms with van der Waals surface area (Å²) in [5, 5.41) is 12.0. The highest BCUT2D eigenvalue weighted by Gasteiger charge is 2.52. The van der Waals surface area contributed by atoms with Crippen molar-refractivity contribution in [2.24, 2.45) is 11.8 Å². The van der Waals surface area contributed by atoms with Gasteiger partial charge in [-0.05, 0) is 61.7 Å². The van der Waals surface area contributed by atoms with Gasteiger partial charge in [0.2, 0.25) is 17.6 Å². The van der Waals surface area contributed by atoms with Crippen LogP contribution in [-0.2, 0) is 14.3 Å². The Morgan fingerprint density at radius 2 is 1.57 bits per heavy atom. The van der Waals surface area contributed by atoms with Crippen molar-refractivity contribution < 1.29 is 28.8 Å². The number of hydrogen-bond donors (Lipinski definition) is 0. The van der Waals surface area contributed by atoms with Crippen LogP contribution in [0.5, 0.6) is 0 Å². The second-order valence-corrected chi connectivity index (χ2v) is 14.5. The fraction of sp³-hybridized carbons (Fsp3) is 0.242. The van der Waals surface area contributed by atoms with E-state index in [4.69, 9.17) is 32.9 Å². The monoisotopic (exact) mass is 801 g/mol. The molecule has 1 saturated heterocycles. The third-order valence-electron chi connectivity index (χ3n) is 8.52. The molecule has 3 aromatic carbocycles. The fourth-order valence-electron chi connectivity index (χ4n) is 5.97. The normalized spacial score (nSPS) is 20.7. The number of carbonyl (C=O) groups excluding carboxylic acids is 4. The molecule has 0 spiro atoms. The standard InChI is InChI=1S/C33H23Br2Cl2N3O7/c1-15-25(36)9-7-19-22(33(44)47-14-29(41)17-4-8-26(37)28(10-17)40(45)46)13-27(38-30(15)19)16-2-5-18(6-3-16)39-31(42)20-11-23(34)24(35)12-21(20)32(39)43/h2-10,13,20-21,23-24H,11-12,14H2,1H3. The van der Waals surface area contributed by atoms with Crippen molar-refractivity contribution in [2.75, 3.05) is 11.5 Å². The molecule has 0 N–H and O–H groups in total. The minimum Gasteiger partial charge on any atom is -0.454 e. The van der Waals surface area contributed by atoms with Crippen molar-refractivity contribution in [3.63, 3.8) is 0 Å². The number of halogens is 4. The summed E-state index contributed by atoms with van der Waals surface area (Å²) < 4.78 is 5.38. The smallest absolute Gasteiger partial charge is 0.339 e. The summed E-state index contributed by atoms with van der Waals surface area (Å²) in [6, 6.07) is 15.1. The van der Waals surface area contributed by atoms with Gasteiger partial charge in [0.25, 0.3) is 5.69 Å². The maximum absolute atomic E-state index is 13.4. The zero-order chi connectivity index (χ0) is 33.7. The SMILES string of the molecule is Cc1c(Cl)ccc2c(C(=O)OCC(=O)c3ccc(Cl)c([N+](=O)[O-])c3)cc(-c3ccc(N4C(=O)C5CC(Br)C(Br)CC5C4=O)cc3)nc12. The number of pyridine rings is 1. The number of carbonyl (C=O) groups is 4. The quantitative estimate of drug-likeness (QED) is 0.0460. The maximum Gasteiger partial charge on any atom is 0.339 e. The van der Waals surface area contributed by atoms with Crippen LogP contribution in [-0.4, -0.2) is 49.7 Å². The number of nitro benzene ring substituents is 1. The molecule has 10 nitrogen and oxygen atoms in total. The van der Waals surface area contributed by atoms with Gasteiger partial charge < -0.3 is 4.74 Å². The Hall–Kier alpha value is -3.71. The Morgan fingerprint density at radius 1 is 0.957 bits per heavy atom. The van der Waals surface area contributed by atoms with Crippen LogP contribution in [0.1, 0.15) is 39.1 Å². The average molecular weight is 804 g/mol. The number of nitro groups is 1. The van der Waals surface area contributed by atoms with Crippen LogP contribution in [0.3, 0.4) is 0 Å². The second-order valence-electron chi connectivity index (χ2n) is 11.3. The molecule has 240 valence electrons. The molecule has 47 heavy (non-hydrogen) atoms. The van der Waals surface area contributed by atoms with Crippen LogP contribution in [0.2, 0.25) is 10.0 Å². The van der Waals surface area contributed by atoms with Crippen LogP contribution >= 0.6 is 55.1 Å². The van der Waals surface area contributed by atoms with Gasteiger partial charge in [0.05, 0.1) is 39.2 Å². The molecule has 1 aliphatic carbocycles. The van der Waals surface area contributed by atoms with E-state index in [9.17, 15) is 29.3 Å². The molecule has 4 unspecified atom stereocenters. The highest BCUT2D eigenvalue weighted by Crippen LogP contribution is 2.44. The van der Waals surface area contributed by atoms with Gasteiger partial charge in [-0.25, -0.2) is 9.78 Å². The van der Waals surface area contributed by atoms with Gasteiger partial charge in [-0.15, -0.1) is 0 Å². The first-order valence-corrected chi connectivity index (χ1v) is 16.9. The van der Waals surface area contributed by atoms with Crippen molar-refractivity contribution in [3.8, 4) is 11.3 Å². The molecule has 0 bridgehead atoms. The third kappa shape index (κ3) is 6.19. The second kappa shape index (κ2) is 13.1. The molecule has 4 aromatic rings. The average Bonchev–Trinajstić information content (AvgIpc) is 3.29. The summed E-state index contributed by atoms with van der Waals surface area (Å²) in [6.45, 7) is 1.08. The summed E-state index contributed by atoms with van der Waals surface area (Å²) in [5.74, 6) is -2.69. The van der Waals surface area contributed by atoms with E-state index in [1.807, 2.05) is 0 Å². The number of benzene rings is 3. The number of aryl methyl sites for hydroxylation is 1. The maximum atomic E-state index is 13.4. The number of hydrogen-bond acceptors (Lipinski definition) is 8. The van der Waals surface area contributed by atoms with Crippen LogP contribution in [0.4, 0.5) is 11.4 Å². The van der Waals surface area contributed by atoms with Gasteiger partial charge in [0.1, 0.15) is 5.02 Å². The minimum atomic E-state index is -0.820. The highest BCUT2D eigenvalue weighted by molar-refractivity contribution is 9.12. The summed E-state index contributed by atoms with van der Waals surface area (Å²) in [5.41, 5.74) is 2.11. The summed E-state index contributed by atoms with van der Waals surface area (Å²) in [7, 11) is 0. The van der Waals surface area contributed by atoms with Crippen LogP contribution < -0.4 is 4.90 Å². The molecule has 14 heteroatoms. The molecule has 0 radical (unpaired) electrons. The Morgan fingerprint density at radius 3 is 2.19 bits per heavy atom. The number of esters is 1. The Kier molecular flexibility index (Phi) is 9.23. The van der Waals surface area contributed by atoms with E-state index < -0.39 is 29.0 Å². The molecule has 4 atom stereocenters. The van der Waals surface area contributed by atoms with E-state index in [0.717, 1.165) is 6.07 Å². The zero-order valence-electron chi connectivity index (χ0n) is 24.4.